The lowest BCUT2D eigenvalue weighted by molar-refractivity contribution is -0.123. The molecule has 8 heteroatoms. The first-order valence-electron chi connectivity index (χ1n) is 9.66. The van der Waals surface area contributed by atoms with Crippen molar-refractivity contribution >= 4 is 40.6 Å². The maximum atomic E-state index is 12.7. The van der Waals surface area contributed by atoms with Crippen LogP contribution in [0.4, 0.5) is 4.79 Å². The molecule has 1 fully saturated rings. The van der Waals surface area contributed by atoms with Crippen LogP contribution in [-0.2, 0) is 4.79 Å². The minimum absolute atomic E-state index is 0.156. The van der Waals surface area contributed by atoms with Crippen LogP contribution >= 0.6 is 23.4 Å². The zero-order chi connectivity index (χ0) is 22.2. The van der Waals surface area contributed by atoms with Crippen LogP contribution in [0.3, 0.4) is 0 Å². The summed E-state index contributed by atoms with van der Waals surface area (Å²) >= 11 is 6.75. The van der Waals surface area contributed by atoms with Crippen molar-refractivity contribution in [2.45, 2.75) is 6.92 Å². The Morgan fingerprint density at radius 1 is 1.06 bits per heavy atom. The van der Waals surface area contributed by atoms with Crippen LogP contribution in [0, 0.1) is 0 Å². The summed E-state index contributed by atoms with van der Waals surface area (Å²) in [4.78, 5) is 26.5. The first kappa shape index (κ1) is 22.8. The van der Waals surface area contributed by atoms with Crippen LogP contribution in [0.5, 0.6) is 17.2 Å². The molecule has 31 heavy (non-hydrogen) atoms. The van der Waals surface area contributed by atoms with Gasteiger partial charge in [-0.25, -0.2) is 0 Å². The highest BCUT2D eigenvalue weighted by atomic mass is 35.5. The van der Waals surface area contributed by atoms with Gasteiger partial charge in [-0.15, -0.1) is 0 Å². The molecule has 3 rings (SSSR count). The van der Waals surface area contributed by atoms with Crippen molar-refractivity contribution in [2.75, 3.05) is 26.4 Å². The number of rotatable bonds is 10. The maximum absolute atomic E-state index is 12.7. The third-order valence-corrected chi connectivity index (χ3v) is 5.35. The number of amides is 2. The summed E-state index contributed by atoms with van der Waals surface area (Å²) in [5.74, 6) is 1.42. The molecular formula is C23H22ClNO5S. The van der Waals surface area contributed by atoms with E-state index >= 15 is 0 Å². The number of carbonyl (C=O) groups is 2. The Hall–Kier alpha value is -2.90. The second-order valence-electron chi connectivity index (χ2n) is 6.37. The third-order valence-electron chi connectivity index (χ3n) is 4.19. The average molecular weight is 460 g/mol. The van der Waals surface area contributed by atoms with Gasteiger partial charge in [-0.05, 0) is 66.7 Å². The van der Waals surface area contributed by atoms with Crippen molar-refractivity contribution in [3.05, 3.63) is 70.6 Å². The fraction of sp³-hybridized carbons (Fsp3) is 0.217. The van der Waals surface area contributed by atoms with E-state index in [1.807, 2.05) is 6.92 Å². The minimum atomic E-state index is -0.348. The van der Waals surface area contributed by atoms with Crippen molar-refractivity contribution < 1.29 is 23.8 Å². The standard InChI is InChI=1S/C23H22ClNO5S/c1-3-12-30-19-10-5-16(14-20(19)28-4-2)15-21-22(26)25(23(27)31-21)11-13-29-18-8-6-17(24)7-9-18/h3,5-10,14-15H,1,4,11-13H2,2H3/b21-15-. The molecule has 0 saturated carbocycles. The van der Waals surface area contributed by atoms with Crippen LogP contribution < -0.4 is 14.2 Å². The fourth-order valence-electron chi connectivity index (χ4n) is 2.78. The third kappa shape index (κ3) is 6.06. The highest BCUT2D eigenvalue weighted by molar-refractivity contribution is 8.18. The lowest BCUT2D eigenvalue weighted by Gasteiger charge is -2.13. The molecule has 6 nitrogen and oxygen atoms in total. The molecule has 162 valence electrons. The lowest BCUT2D eigenvalue weighted by atomic mass is 10.2. The predicted molar refractivity (Wildman–Crippen MR) is 123 cm³/mol. The van der Waals surface area contributed by atoms with E-state index < -0.39 is 0 Å². The molecule has 1 aliphatic heterocycles. The number of halogens is 1. The zero-order valence-corrected chi connectivity index (χ0v) is 18.6. The molecule has 1 aliphatic rings. The van der Waals surface area contributed by atoms with E-state index in [-0.39, 0.29) is 24.3 Å². The molecule has 0 aliphatic carbocycles. The number of benzene rings is 2. The number of hydrogen-bond donors (Lipinski definition) is 0. The molecule has 2 aromatic rings. The molecule has 1 heterocycles. The number of carbonyl (C=O) groups excluding carboxylic acids is 2. The number of thioether (sulfide) groups is 1. The first-order chi connectivity index (χ1) is 15.0. The monoisotopic (exact) mass is 459 g/mol. The molecule has 0 aromatic heterocycles. The summed E-state index contributed by atoms with van der Waals surface area (Å²) in [6.45, 7) is 6.69. The number of ether oxygens (including phenoxy) is 3. The van der Waals surface area contributed by atoms with Gasteiger partial charge in [0.25, 0.3) is 11.1 Å². The second kappa shape index (κ2) is 10.9. The van der Waals surface area contributed by atoms with E-state index in [9.17, 15) is 9.59 Å². The van der Waals surface area contributed by atoms with Crippen LogP contribution in [0.1, 0.15) is 12.5 Å². The first-order valence-corrected chi connectivity index (χ1v) is 10.9. The van der Waals surface area contributed by atoms with E-state index in [0.717, 1.165) is 17.3 Å². The van der Waals surface area contributed by atoms with Crippen molar-refractivity contribution in [2.24, 2.45) is 0 Å². The summed E-state index contributed by atoms with van der Waals surface area (Å²) in [6.07, 6.45) is 3.32. The second-order valence-corrected chi connectivity index (χ2v) is 7.80. The Kier molecular flexibility index (Phi) is 8.03. The number of nitrogens with zero attached hydrogens (tertiary/aromatic N) is 1. The quantitative estimate of drug-likeness (QED) is 0.349. The van der Waals surface area contributed by atoms with E-state index in [4.69, 9.17) is 25.8 Å². The van der Waals surface area contributed by atoms with Gasteiger partial charge in [0.05, 0.1) is 18.1 Å². The van der Waals surface area contributed by atoms with Gasteiger partial charge < -0.3 is 14.2 Å². The fourth-order valence-corrected chi connectivity index (χ4v) is 3.77. The molecule has 2 amide bonds. The number of imide groups is 1. The van der Waals surface area contributed by atoms with Gasteiger partial charge in [-0.3, -0.25) is 14.5 Å². The van der Waals surface area contributed by atoms with Crippen molar-refractivity contribution in [3.8, 4) is 17.2 Å². The molecule has 0 radical (unpaired) electrons. The van der Waals surface area contributed by atoms with E-state index in [0.29, 0.717) is 40.4 Å². The summed E-state index contributed by atoms with van der Waals surface area (Å²) < 4.78 is 16.8. The smallest absolute Gasteiger partial charge is 0.293 e. The molecular weight excluding hydrogens is 438 g/mol. The highest BCUT2D eigenvalue weighted by Gasteiger charge is 2.34. The molecule has 0 atom stereocenters. The lowest BCUT2D eigenvalue weighted by Crippen LogP contribution is -2.32. The molecule has 1 saturated heterocycles. The van der Waals surface area contributed by atoms with Crippen LogP contribution in [0.2, 0.25) is 5.02 Å². The minimum Gasteiger partial charge on any atom is -0.492 e. The Morgan fingerprint density at radius 3 is 2.55 bits per heavy atom. The topological polar surface area (TPSA) is 65.1 Å². The molecule has 0 spiro atoms. The average Bonchev–Trinajstić information content (AvgIpc) is 3.02. The molecule has 0 bridgehead atoms. The van der Waals surface area contributed by atoms with E-state index in [1.54, 1.807) is 54.6 Å². The Bertz CT molecular complexity index is 990. The Morgan fingerprint density at radius 2 is 1.84 bits per heavy atom. The van der Waals surface area contributed by atoms with E-state index in [2.05, 4.69) is 6.58 Å². The van der Waals surface area contributed by atoms with Gasteiger partial charge in [0.1, 0.15) is 19.0 Å². The summed E-state index contributed by atoms with van der Waals surface area (Å²) in [5, 5.41) is 0.281. The van der Waals surface area contributed by atoms with Crippen LogP contribution in [0.15, 0.2) is 60.0 Å². The molecule has 2 aromatic carbocycles. The number of hydrogen-bond acceptors (Lipinski definition) is 6. The summed E-state index contributed by atoms with van der Waals surface area (Å²) in [7, 11) is 0. The predicted octanol–water partition coefficient (Wildman–Crippen LogP) is 5.42. The SMILES string of the molecule is C=CCOc1ccc(/C=C2\SC(=O)N(CCOc3ccc(Cl)cc3)C2=O)cc1OCC. The summed E-state index contributed by atoms with van der Waals surface area (Å²) in [6, 6.07) is 12.2. The van der Waals surface area contributed by atoms with Gasteiger partial charge in [-0.2, -0.15) is 0 Å². The Balaban J connectivity index is 1.66. The molecule has 0 unspecified atom stereocenters. The largest absolute Gasteiger partial charge is 0.492 e. The van der Waals surface area contributed by atoms with Gasteiger partial charge >= 0.3 is 0 Å². The van der Waals surface area contributed by atoms with Crippen LogP contribution in [0.25, 0.3) is 6.08 Å². The van der Waals surface area contributed by atoms with Crippen LogP contribution in [-0.4, -0.2) is 42.4 Å². The van der Waals surface area contributed by atoms with Gasteiger partial charge in [-0.1, -0.05) is 30.3 Å². The van der Waals surface area contributed by atoms with Crippen molar-refractivity contribution in [3.63, 3.8) is 0 Å². The highest BCUT2D eigenvalue weighted by Crippen LogP contribution is 2.34. The van der Waals surface area contributed by atoms with Gasteiger partial charge in [0.15, 0.2) is 11.5 Å². The zero-order valence-electron chi connectivity index (χ0n) is 17.0. The maximum Gasteiger partial charge on any atom is 0.293 e. The van der Waals surface area contributed by atoms with E-state index in [1.165, 1.54) is 4.90 Å². The van der Waals surface area contributed by atoms with Crippen molar-refractivity contribution in [1.82, 2.24) is 4.90 Å². The van der Waals surface area contributed by atoms with Gasteiger partial charge in [0.2, 0.25) is 0 Å². The van der Waals surface area contributed by atoms with Gasteiger partial charge in [0, 0.05) is 5.02 Å². The summed E-state index contributed by atoms with van der Waals surface area (Å²) in [5.41, 5.74) is 0.734. The Labute approximate surface area is 190 Å². The normalized spacial score (nSPS) is 14.8. The van der Waals surface area contributed by atoms with Crippen molar-refractivity contribution in [1.29, 1.82) is 0 Å². The molecule has 0 N–H and O–H groups in total.